The fourth-order valence-electron chi connectivity index (χ4n) is 2.80. The minimum Gasteiger partial charge on any atom is -0.326 e. The normalized spacial score (nSPS) is 12.2. The quantitative estimate of drug-likeness (QED) is 0.525. The zero-order valence-corrected chi connectivity index (χ0v) is 20.8. The van der Waals surface area contributed by atoms with Crippen LogP contribution >= 0.6 is 0 Å². The summed E-state index contributed by atoms with van der Waals surface area (Å²) in [4.78, 5) is 24.9. The average molecular weight is 439 g/mol. The Kier molecular flexibility index (Phi) is 11.0. The van der Waals surface area contributed by atoms with E-state index in [1.54, 1.807) is 36.3 Å². The molecule has 1 aromatic heterocycles. The lowest BCUT2D eigenvalue weighted by atomic mass is 10.2. The SMILES string of the molecule is CN1CCN(C)C1=O.Cc1ccc(C)cc1.Cc1cccc(C)c1.Cn1ccn(C)c1=O. The van der Waals surface area contributed by atoms with Gasteiger partial charge < -0.3 is 18.9 Å². The van der Waals surface area contributed by atoms with Crippen LogP contribution in [0.1, 0.15) is 22.3 Å². The van der Waals surface area contributed by atoms with Crippen LogP contribution in [-0.4, -0.2) is 52.1 Å². The summed E-state index contributed by atoms with van der Waals surface area (Å²) in [6, 6.07) is 17.1. The number of hydrogen-bond donors (Lipinski definition) is 0. The van der Waals surface area contributed by atoms with E-state index in [9.17, 15) is 9.59 Å². The lowest BCUT2D eigenvalue weighted by Gasteiger charge is -2.07. The Bertz CT molecular complexity index is 946. The predicted molar refractivity (Wildman–Crippen MR) is 133 cm³/mol. The van der Waals surface area contributed by atoms with Gasteiger partial charge in [-0.25, -0.2) is 9.59 Å². The molecule has 4 rings (SSSR count). The maximum absolute atomic E-state index is 10.8. The molecule has 0 N–H and O–H groups in total. The van der Waals surface area contributed by atoms with Crippen LogP contribution in [0.25, 0.3) is 0 Å². The summed E-state index contributed by atoms with van der Waals surface area (Å²) >= 11 is 0. The van der Waals surface area contributed by atoms with Gasteiger partial charge in [-0.05, 0) is 27.7 Å². The number of nitrogens with zero attached hydrogens (tertiary/aromatic N) is 4. The molecule has 0 saturated carbocycles. The first-order valence-corrected chi connectivity index (χ1v) is 10.7. The number of urea groups is 1. The molecule has 1 fully saturated rings. The number of amides is 2. The van der Waals surface area contributed by atoms with Crippen LogP contribution in [0.3, 0.4) is 0 Å². The molecular formula is C26H38N4O2. The molecular weight excluding hydrogens is 400 g/mol. The van der Waals surface area contributed by atoms with Crippen molar-refractivity contribution >= 4 is 6.03 Å². The summed E-state index contributed by atoms with van der Waals surface area (Å²) in [5, 5.41) is 0. The summed E-state index contributed by atoms with van der Waals surface area (Å²) in [6.45, 7) is 10.1. The molecule has 0 bridgehead atoms. The van der Waals surface area contributed by atoms with Crippen molar-refractivity contribution in [2.24, 2.45) is 14.1 Å². The molecule has 2 heterocycles. The number of hydrogen-bond acceptors (Lipinski definition) is 2. The lowest BCUT2D eigenvalue weighted by Crippen LogP contribution is -2.25. The van der Waals surface area contributed by atoms with Gasteiger partial charge in [0.1, 0.15) is 0 Å². The second-order valence-corrected chi connectivity index (χ2v) is 8.24. The molecule has 0 aliphatic carbocycles. The van der Waals surface area contributed by atoms with E-state index in [4.69, 9.17) is 0 Å². The molecule has 174 valence electrons. The van der Waals surface area contributed by atoms with Crippen LogP contribution in [0.4, 0.5) is 4.79 Å². The van der Waals surface area contributed by atoms with Crippen LogP contribution in [0, 0.1) is 27.7 Å². The zero-order valence-electron chi connectivity index (χ0n) is 20.8. The van der Waals surface area contributed by atoms with E-state index < -0.39 is 0 Å². The van der Waals surface area contributed by atoms with Gasteiger partial charge in [-0.15, -0.1) is 0 Å². The standard InChI is InChI=1S/2C8H10.C5H10N2O.C5H8N2O/c1-7-3-5-8(2)6-4-7;1-7-4-3-5-8(2)6-7;2*1-6-3-4-7(2)5(6)8/h2*3-6H,1-2H3;3-4H2,1-2H3;3-4H,1-2H3. The summed E-state index contributed by atoms with van der Waals surface area (Å²) in [6.07, 6.45) is 3.45. The monoisotopic (exact) mass is 438 g/mol. The molecule has 1 saturated heterocycles. The summed E-state index contributed by atoms with van der Waals surface area (Å²) in [7, 11) is 7.07. The first-order chi connectivity index (χ1) is 15.0. The van der Waals surface area contributed by atoms with E-state index in [-0.39, 0.29) is 11.7 Å². The number of benzene rings is 2. The smallest absolute Gasteiger partial charge is 0.326 e. The molecule has 0 unspecified atom stereocenters. The number of aromatic nitrogens is 2. The summed E-state index contributed by atoms with van der Waals surface area (Å²) in [5.41, 5.74) is 5.35. The maximum Gasteiger partial charge on any atom is 0.327 e. The number of carbonyl (C=O) groups is 1. The Morgan fingerprint density at radius 1 is 0.594 bits per heavy atom. The molecule has 0 radical (unpaired) electrons. The highest BCUT2D eigenvalue weighted by molar-refractivity contribution is 5.75. The first-order valence-electron chi connectivity index (χ1n) is 10.7. The van der Waals surface area contributed by atoms with Crippen LogP contribution in [0.2, 0.25) is 0 Å². The number of imidazole rings is 1. The van der Waals surface area contributed by atoms with Crippen molar-refractivity contribution in [2.45, 2.75) is 27.7 Å². The van der Waals surface area contributed by atoms with Crippen molar-refractivity contribution in [1.29, 1.82) is 0 Å². The molecule has 6 heteroatoms. The van der Waals surface area contributed by atoms with Gasteiger partial charge in [-0.1, -0.05) is 70.8 Å². The van der Waals surface area contributed by atoms with E-state index in [1.807, 2.05) is 14.1 Å². The maximum atomic E-state index is 10.8. The molecule has 6 nitrogen and oxygen atoms in total. The van der Waals surface area contributed by atoms with Crippen molar-refractivity contribution in [1.82, 2.24) is 18.9 Å². The highest BCUT2D eigenvalue weighted by Gasteiger charge is 2.20. The third-order valence-electron chi connectivity index (χ3n) is 4.93. The topological polar surface area (TPSA) is 50.5 Å². The van der Waals surface area contributed by atoms with E-state index >= 15 is 0 Å². The molecule has 2 amide bonds. The van der Waals surface area contributed by atoms with E-state index in [0.29, 0.717) is 0 Å². The van der Waals surface area contributed by atoms with Crippen molar-refractivity contribution in [3.8, 4) is 0 Å². The van der Waals surface area contributed by atoms with Crippen molar-refractivity contribution < 1.29 is 4.79 Å². The van der Waals surface area contributed by atoms with Gasteiger partial charge in [0.2, 0.25) is 0 Å². The van der Waals surface area contributed by atoms with E-state index in [2.05, 4.69) is 76.2 Å². The molecule has 0 atom stereocenters. The van der Waals surface area contributed by atoms with E-state index in [1.165, 1.54) is 31.4 Å². The van der Waals surface area contributed by atoms with Crippen LogP contribution in [0.5, 0.6) is 0 Å². The van der Waals surface area contributed by atoms with Gasteiger partial charge in [0.25, 0.3) is 0 Å². The Balaban J connectivity index is 0.000000213. The second kappa shape index (κ2) is 13.2. The average Bonchev–Trinajstić information content (AvgIpc) is 3.21. The highest BCUT2D eigenvalue weighted by Crippen LogP contribution is 2.01. The van der Waals surface area contributed by atoms with Crippen LogP contribution in [-0.2, 0) is 14.1 Å². The number of likely N-dealkylation sites (N-methyl/N-ethyl adjacent to an activating group) is 2. The first kappa shape index (κ1) is 26.8. The third-order valence-corrected chi connectivity index (χ3v) is 4.93. The van der Waals surface area contributed by atoms with Crippen LogP contribution in [0.15, 0.2) is 65.7 Å². The van der Waals surface area contributed by atoms with Gasteiger partial charge in [0.15, 0.2) is 0 Å². The Labute approximate surface area is 192 Å². The molecule has 3 aromatic rings. The minimum absolute atomic E-state index is 0.0185. The largest absolute Gasteiger partial charge is 0.327 e. The fraction of sp³-hybridized carbons (Fsp3) is 0.385. The predicted octanol–water partition coefficient (Wildman–Crippen LogP) is 4.31. The fourth-order valence-corrected chi connectivity index (χ4v) is 2.80. The number of carbonyl (C=O) groups excluding carboxylic acids is 1. The van der Waals surface area contributed by atoms with Gasteiger partial charge >= 0.3 is 11.7 Å². The second-order valence-electron chi connectivity index (χ2n) is 8.24. The third kappa shape index (κ3) is 9.69. The number of aryl methyl sites for hydroxylation is 6. The molecule has 1 aliphatic heterocycles. The molecule has 2 aromatic carbocycles. The van der Waals surface area contributed by atoms with Crippen molar-refractivity contribution in [2.75, 3.05) is 27.2 Å². The van der Waals surface area contributed by atoms with Gasteiger partial charge in [0.05, 0.1) is 0 Å². The van der Waals surface area contributed by atoms with Gasteiger partial charge in [-0.2, -0.15) is 0 Å². The molecule has 32 heavy (non-hydrogen) atoms. The summed E-state index contributed by atoms with van der Waals surface area (Å²) < 4.78 is 3.06. The molecule has 0 spiro atoms. The lowest BCUT2D eigenvalue weighted by molar-refractivity contribution is 0.205. The minimum atomic E-state index is 0.0185. The van der Waals surface area contributed by atoms with Crippen molar-refractivity contribution in [3.05, 3.63) is 93.7 Å². The van der Waals surface area contributed by atoms with Crippen LogP contribution < -0.4 is 5.69 Å². The molecule has 1 aliphatic rings. The Morgan fingerprint density at radius 3 is 1.16 bits per heavy atom. The zero-order chi connectivity index (χ0) is 24.3. The van der Waals surface area contributed by atoms with E-state index in [0.717, 1.165) is 13.1 Å². The Morgan fingerprint density at radius 2 is 0.969 bits per heavy atom. The highest BCUT2D eigenvalue weighted by atomic mass is 16.2. The van der Waals surface area contributed by atoms with Crippen molar-refractivity contribution in [3.63, 3.8) is 0 Å². The summed E-state index contributed by atoms with van der Waals surface area (Å²) in [5.74, 6) is 0. The number of rotatable bonds is 0. The Hall–Kier alpha value is -3.28. The van der Waals surface area contributed by atoms with Gasteiger partial charge in [0, 0.05) is 53.7 Å². The van der Waals surface area contributed by atoms with Gasteiger partial charge in [-0.3, -0.25) is 0 Å².